The number of hydrogen-bond donors (Lipinski definition) is 1. The summed E-state index contributed by atoms with van der Waals surface area (Å²) in [5.74, 6) is 2.56. The van der Waals surface area contributed by atoms with Gasteiger partial charge in [0.15, 0.2) is 11.8 Å². The fraction of sp³-hybridized carbons (Fsp3) is 0.550. The van der Waals surface area contributed by atoms with Crippen molar-refractivity contribution in [3.63, 3.8) is 0 Å². The second-order valence-corrected chi connectivity index (χ2v) is 6.71. The minimum Gasteiger partial charge on any atom is -0.357 e. The molecule has 0 unspecified atom stereocenters. The molecule has 0 radical (unpaired) electrons. The van der Waals surface area contributed by atoms with E-state index in [0.717, 1.165) is 31.3 Å². The highest BCUT2D eigenvalue weighted by molar-refractivity contribution is 5.79. The maximum atomic E-state index is 5.28. The molecule has 0 aliphatic rings. The summed E-state index contributed by atoms with van der Waals surface area (Å²) in [5, 5.41) is 7.34. The molecule has 26 heavy (non-hydrogen) atoms. The predicted molar refractivity (Wildman–Crippen MR) is 105 cm³/mol. The number of benzene rings is 1. The fourth-order valence-electron chi connectivity index (χ4n) is 2.56. The lowest BCUT2D eigenvalue weighted by Crippen LogP contribution is -2.38. The van der Waals surface area contributed by atoms with Crippen molar-refractivity contribution in [3.05, 3.63) is 47.1 Å². The number of aryl methyl sites for hydroxylation is 1. The highest BCUT2D eigenvalue weighted by Crippen LogP contribution is 2.10. The maximum Gasteiger partial charge on any atom is 0.228 e. The van der Waals surface area contributed by atoms with Crippen molar-refractivity contribution in [2.45, 2.75) is 53.0 Å². The Bertz CT molecular complexity index is 690. The summed E-state index contributed by atoms with van der Waals surface area (Å²) in [4.78, 5) is 11.2. The van der Waals surface area contributed by atoms with Crippen LogP contribution in [-0.2, 0) is 19.4 Å². The van der Waals surface area contributed by atoms with Gasteiger partial charge in [0, 0.05) is 32.5 Å². The lowest BCUT2D eigenvalue weighted by atomic mass is 10.1. The van der Waals surface area contributed by atoms with Crippen LogP contribution in [0.5, 0.6) is 0 Å². The Balaban J connectivity index is 1.95. The van der Waals surface area contributed by atoms with E-state index in [4.69, 9.17) is 9.52 Å². The molecule has 6 heteroatoms. The number of aliphatic imine (C=N–C) groups is 1. The minimum atomic E-state index is 0.276. The van der Waals surface area contributed by atoms with Gasteiger partial charge in [-0.1, -0.05) is 50.2 Å². The third-order valence-corrected chi connectivity index (χ3v) is 4.13. The molecule has 1 aromatic heterocycles. The van der Waals surface area contributed by atoms with Gasteiger partial charge in [0.05, 0.1) is 6.54 Å². The number of nitrogens with zero attached hydrogens (tertiary/aromatic N) is 4. The van der Waals surface area contributed by atoms with Crippen molar-refractivity contribution in [1.82, 2.24) is 20.4 Å². The van der Waals surface area contributed by atoms with Crippen LogP contribution in [0.2, 0.25) is 0 Å². The molecular formula is C20H31N5O. The van der Waals surface area contributed by atoms with Crippen LogP contribution >= 0.6 is 0 Å². The van der Waals surface area contributed by atoms with E-state index in [0.29, 0.717) is 18.9 Å². The normalized spacial score (nSPS) is 11.8. The van der Waals surface area contributed by atoms with Gasteiger partial charge in [-0.15, -0.1) is 0 Å². The first-order valence-corrected chi connectivity index (χ1v) is 9.43. The van der Waals surface area contributed by atoms with Gasteiger partial charge in [0.25, 0.3) is 0 Å². The topological polar surface area (TPSA) is 66.5 Å². The summed E-state index contributed by atoms with van der Waals surface area (Å²) in [6, 6.07) is 8.75. The Morgan fingerprint density at radius 1 is 1.19 bits per heavy atom. The van der Waals surface area contributed by atoms with Crippen molar-refractivity contribution in [2.75, 3.05) is 20.1 Å². The first-order chi connectivity index (χ1) is 12.5. The molecule has 1 aromatic carbocycles. The Morgan fingerprint density at radius 3 is 2.46 bits per heavy atom. The van der Waals surface area contributed by atoms with Crippen LogP contribution in [0.3, 0.4) is 0 Å². The Kier molecular flexibility index (Phi) is 7.63. The number of hydrogen-bond acceptors (Lipinski definition) is 4. The lowest BCUT2D eigenvalue weighted by molar-refractivity contribution is 0.372. The van der Waals surface area contributed by atoms with Crippen molar-refractivity contribution in [1.29, 1.82) is 0 Å². The second-order valence-electron chi connectivity index (χ2n) is 6.71. The SMILES string of the molecule is CCNC(=NCCc1nc(C(C)C)no1)N(C)Cc1ccc(CC)cc1. The largest absolute Gasteiger partial charge is 0.357 e. The second kappa shape index (κ2) is 9.94. The minimum absolute atomic E-state index is 0.276. The molecule has 2 aromatic rings. The van der Waals surface area contributed by atoms with Crippen LogP contribution in [0.4, 0.5) is 0 Å². The monoisotopic (exact) mass is 357 g/mol. The van der Waals surface area contributed by atoms with E-state index in [1.807, 2.05) is 0 Å². The molecule has 0 fully saturated rings. The van der Waals surface area contributed by atoms with Crippen molar-refractivity contribution >= 4 is 5.96 Å². The number of nitrogens with one attached hydrogen (secondary N) is 1. The summed E-state index contributed by atoms with van der Waals surface area (Å²) in [5.41, 5.74) is 2.63. The first kappa shape index (κ1) is 19.9. The van der Waals surface area contributed by atoms with Crippen LogP contribution in [0.15, 0.2) is 33.8 Å². The molecule has 0 aliphatic carbocycles. The van der Waals surface area contributed by atoms with Crippen LogP contribution in [0.25, 0.3) is 0 Å². The zero-order valence-electron chi connectivity index (χ0n) is 16.6. The van der Waals surface area contributed by atoms with Crippen LogP contribution in [0, 0.1) is 0 Å². The summed E-state index contributed by atoms with van der Waals surface area (Å²) >= 11 is 0. The van der Waals surface area contributed by atoms with Gasteiger partial charge in [-0.05, 0) is 24.5 Å². The highest BCUT2D eigenvalue weighted by Gasteiger charge is 2.10. The average molecular weight is 358 g/mol. The standard InChI is InChI=1S/C20H31N5O/c1-6-16-8-10-17(11-9-16)14-25(5)20(21-7-2)22-13-12-18-23-19(15(3)4)24-26-18/h8-11,15H,6-7,12-14H2,1-5H3,(H,21,22). The Labute approximate surface area is 156 Å². The third kappa shape index (κ3) is 5.86. The molecule has 0 saturated heterocycles. The molecule has 0 atom stereocenters. The fourth-order valence-corrected chi connectivity index (χ4v) is 2.56. The zero-order valence-corrected chi connectivity index (χ0v) is 16.6. The van der Waals surface area contributed by atoms with Crippen molar-refractivity contribution in [3.8, 4) is 0 Å². The highest BCUT2D eigenvalue weighted by atomic mass is 16.5. The Morgan fingerprint density at radius 2 is 1.88 bits per heavy atom. The van der Waals surface area contributed by atoms with Crippen LogP contribution in [-0.4, -0.2) is 41.1 Å². The van der Waals surface area contributed by atoms with Gasteiger partial charge in [0.2, 0.25) is 5.89 Å². The molecule has 0 amide bonds. The summed E-state index contributed by atoms with van der Waals surface area (Å²) in [6.45, 7) is 10.6. The number of rotatable bonds is 8. The van der Waals surface area contributed by atoms with Gasteiger partial charge in [-0.3, -0.25) is 4.99 Å². The van der Waals surface area contributed by atoms with Gasteiger partial charge in [-0.2, -0.15) is 4.98 Å². The summed E-state index contributed by atoms with van der Waals surface area (Å²) < 4.78 is 5.28. The van der Waals surface area contributed by atoms with E-state index in [1.54, 1.807) is 0 Å². The molecule has 142 valence electrons. The van der Waals surface area contributed by atoms with E-state index in [-0.39, 0.29) is 5.92 Å². The summed E-state index contributed by atoms with van der Waals surface area (Å²) in [7, 11) is 2.05. The summed E-state index contributed by atoms with van der Waals surface area (Å²) in [6.07, 6.45) is 1.71. The van der Waals surface area contributed by atoms with E-state index < -0.39 is 0 Å². The quantitative estimate of drug-likeness (QED) is 0.579. The van der Waals surface area contributed by atoms with Gasteiger partial charge >= 0.3 is 0 Å². The van der Waals surface area contributed by atoms with Gasteiger partial charge in [-0.25, -0.2) is 0 Å². The molecule has 6 nitrogen and oxygen atoms in total. The molecule has 0 spiro atoms. The van der Waals surface area contributed by atoms with Gasteiger partial charge < -0.3 is 14.7 Å². The molecular weight excluding hydrogens is 326 g/mol. The van der Waals surface area contributed by atoms with Crippen LogP contribution in [0.1, 0.15) is 56.5 Å². The zero-order chi connectivity index (χ0) is 18.9. The maximum absolute atomic E-state index is 5.28. The number of aromatic nitrogens is 2. The van der Waals surface area contributed by atoms with E-state index in [2.05, 4.69) is 79.4 Å². The number of guanidine groups is 1. The van der Waals surface area contributed by atoms with Gasteiger partial charge in [0.1, 0.15) is 0 Å². The average Bonchev–Trinajstić information content (AvgIpc) is 3.11. The molecule has 0 saturated carbocycles. The molecule has 2 rings (SSSR count). The molecule has 0 bridgehead atoms. The van der Waals surface area contributed by atoms with Crippen molar-refractivity contribution in [2.24, 2.45) is 4.99 Å². The third-order valence-electron chi connectivity index (χ3n) is 4.13. The Hall–Kier alpha value is -2.37. The first-order valence-electron chi connectivity index (χ1n) is 9.43. The molecule has 1 heterocycles. The smallest absolute Gasteiger partial charge is 0.228 e. The van der Waals surface area contributed by atoms with E-state index >= 15 is 0 Å². The van der Waals surface area contributed by atoms with Crippen molar-refractivity contribution < 1.29 is 4.52 Å². The molecule has 1 N–H and O–H groups in total. The van der Waals surface area contributed by atoms with E-state index in [9.17, 15) is 0 Å². The molecule has 0 aliphatic heterocycles. The van der Waals surface area contributed by atoms with E-state index in [1.165, 1.54) is 11.1 Å². The predicted octanol–water partition coefficient (Wildman–Crippen LogP) is 3.40. The van der Waals surface area contributed by atoms with Crippen LogP contribution < -0.4 is 5.32 Å². The lowest BCUT2D eigenvalue weighted by Gasteiger charge is -2.22.